The molecule has 1 atom stereocenters. The van der Waals surface area contributed by atoms with Crippen molar-refractivity contribution >= 4 is 23.1 Å². The fourth-order valence-electron chi connectivity index (χ4n) is 1.76. The molecule has 0 aliphatic carbocycles. The molecule has 0 saturated carbocycles. The SMILES string of the molecule is CCC(NCCCCCSC)c1cccs1. The Labute approximate surface area is 108 Å². The van der Waals surface area contributed by atoms with E-state index in [4.69, 9.17) is 0 Å². The molecule has 0 saturated heterocycles. The Hall–Kier alpha value is 0.01000. The van der Waals surface area contributed by atoms with Crippen molar-refractivity contribution in [3.05, 3.63) is 22.4 Å². The van der Waals surface area contributed by atoms with Gasteiger partial charge in [-0.2, -0.15) is 11.8 Å². The highest BCUT2D eigenvalue weighted by atomic mass is 32.2. The first kappa shape index (κ1) is 14.1. The zero-order valence-corrected chi connectivity index (χ0v) is 12.0. The lowest BCUT2D eigenvalue weighted by Crippen LogP contribution is -2.21. The van der Waals surface area contributed by atoms with Gasteiger partial charge in [0.25, 0.3) is 0 Å². The van der Waals surface area contributed by atoms with E-state index in [2.05, 4.69) is 36.0 Å². The predicted octanol–water partition coefficient (Wildman–Crippen LogP) is 4.32. The Kier molecular flexibility index (Phi) is 7.99. The van der Waals surface area contributed by atoms with E-state index in [0.29, 0.717) is 6.04 Å². The van der Waals surface area contributed by atoms with Gasteiger partial charge in [-0.15, -0.1) is 11.3 Å². The number of hydrogen-bond donors (Lipinski definition) is 1. The van der Waals surface area contributed by atoms with E-state index in [-0.39, 0.29) is 0 Å². The highest BCUT2D eigenvalue weighted by Crippen LogP contribution is 2.21. The molecular weight excluding hydrogens is 234 g/mol. The molecule has 0 aromatic carbocycles. The average Bonchev–Trinajstić information content (AvgIpc) is 2.82. The summed E-state index contributed by atoms with van der Waals surface area (Å²) < 4.78 is 0. The molecule has 0 radical (unpaired) electrons. The van der Waals surface area contributed by atoms with Gasteiger partial charge in [0.1, 0.15) is 0 Å². The van der Waals surface area contributed by atoms with Crippen LogP contribution in [0, 0.1) is 0 Å². The van der Waals surface area contributed by atoms with E-state index in [1.807, 2.05) is 23.1 Å². The topological polar surface area (TPSA) is 12.0 Å². The quantitative estimate of drug-likeness (QED) is 0.661. The Balaban J connectivity index is 2.11. The van der Waals surface area contributed by atoms with E-state index >= 15 is 0 Å². The van der Waals surface area contributed by atoms with E-state index < -0.39 is 0 Å². The molecule has 3 heteroatoms. The lowest BCUT2D eigenvalue weighted by molar-refractivity contribution is 0.508. The standard InChI is InChI=1S/C13H23NS2/c1-3-12(13-8-7-11-16-13)14-9-5-4-6-10-15-2/h7-8,11-12,14H,3-6,9-10H2,1-2H3. The Morgan fingerprint density at radius 1 is 1.38 bits per heavy atom. The summed E-state index contributed by atoms with van der Waals surface area (Å²) in [5.41, 5.74) is 0. The minimum Gasteiger partial charge on any atom is -0.309 e. The molecule has 0 aliphatic rings. The minimum absolute atomic E-state index is 0.570. The first-order valence-corrected chi connectivity index (χ1v) is 8.41. The van der Waals surface area contributed by atoms with E-state index in [1.165, 1.54) is 36.3 Å². The molecule has 1 rings (SSSR count). The third-order valence-corrected chi connectivity index (χ3v) is 4.39. The Morgan fingerprint density at radius 2 is 2.25 bits per heavy atom. The maximum atomic E-state index is 3.65. The van der Waals surface area contributed by atoms with Crippen LogP contribution in [0.5, 0.6) is 0 Å². The first-order valence-electron chi connectivity index (χ1n) is 6.14. The van der Waals surface area contributed by atoms with E-state index in [9.17, 15) is 0 Å². The molecule has 92 valence electrons. The van der Waals surface area contributed by atoms with Crippen LogP contribution in [-0.4, -0.2) is 18.6 Å². The molecule has 0 fully saturated rings. The molecule has 16 heavy (non-hydrogen) atoms. The van der Waals surface area contributed by atoms with Crippen LogP contribution in [0.1, 0.15) is 43.5 Å². The molecule has 1 N–H and O–H groups in total. The summed E-state index contributed by atoms with van der Waals surface area (Å²) in [5, 5.41) is 5.82. The van der Waals surface area contributed by atoms with Crippen LogP contribution in [0.2, 0.25) is 0 Å². The summed E-state index contributed by atoms with van der Waals surface area (Å²) in [6, 6.07) is 4.95. The van der Waals surface area contributed by atoms with Gasteiger partial charge in [-0.05, 0) is 49.3 Å². The van der Waals surface area contributed by atoms with E-state index in [0.717, 1.165) is 6.54 Å². The fourth-order valence-corrected chi connectivity index (χ4v) is 3.14. The molecule has 0 spiro atoms. The molecule has 1 nitrogen and oxygen atoms in total. The summed E-state index contributed by atoms with van der Waals surface area (Å²) in [6.45, 7) is 3.41. The maximum absolute atomic E-state index is 3.65. The largest absolute Gasteiger partial charge is 0.309 e. The van der Waals surface area contributed by atoms with Crippen molar-refractivity contribution in [1.29, 1.82) is 0 Å². The van der Waals surface area contributed by atoms with Gasteiger partial charge in [-0.25, -0.2) is 0 Å². The van der Waals surface area contributed by atoms with Gasteiger partial charge < -0.3 is 5.32 Å². The number of rotatable bonds is 9. The summed E-state index contributed by atoms with van der Waals surface area (Å²) in [4.78, 5) is 1.48. The lowest BCUT2D eigenvalue weighted by Gasteiger charge is -2.15. The molecular formula is C13H23NS2. The van der Waals surface area contributed by atoms with Crippen molar-refractivity contribution in [3.8, 4) is 0 Å². The summed E-state index contributed by atoms with van der Waals surface area (Å²) in [7, 11) is 0. The Bertz CT molecular complexity index is 246. The van der Waals surface area contributed by atoms with Gasteiger partial charge in [0.15, 0.2) is 0 Å². The van der Waals surface area contributed by atoms with Gasteiger partial charge in [-0.1, -0.05) is 19.4 Å². The highest BCUT2D eigenvalue weighted by Gasteiger charge is 2.08. The molecule has 0 aliphatic heterocycles. The number of thiophene rings is 1. The third kappa shape index (κ3) is 5.37. The van der Waals surface area contributed by atoms with Crippen LogP contribution in [0.25, 0.3) is 0 Å². The van der Waals surface area contributed by atoms with Crippen LogP contribution in [-0.2, 0) is 0 Å². The average molecular weight is 257 g/mol. The van der Waals surface area contributed by atoms with Crippen LogP contribution in [0.4, 0.5) is 0 Å². The van der Waals surface area contributed by atoms with Crippen LogP contribution >= 0.6 is 23.1 Å². The zero-order chi connectivity index (χ0) is 11.6. The minimum atomic E-state index is 0.570. The van der Waals surface area contributed by atoms with Gasteiger partial charge >= 0.3 is 0 Å². The summed E-state index contributed by atoms with van der Waals surface area (Å²) in [6.07, 6.45) is 7.39. The molecule has 1 heterocycles. The third-order valence-electron chi connectivity index (χ3n) is 2.71. The van der Waals surface area contributed by atoms with Crippen molar-refractivity contribution < 1.29 is 0 Å². The fraction of sp³-hybridized carbons (Fsp3) is 0.692. The zero-order valence-electron chi connectivity index (χ0n) is 10.4. The highest BCUT2D eigenvalue weighted by molar-refractivity contribution is 7.98. The first-order chi connectivity index (χ1) is 7.88. The molecule has 0 bridgehead atoms. The van der Waals surface area contributed by atoms with Gasteiger partial charge in [0.05, 0.1) is 0 Å². The van der Waals surface area contributed by atoms with Crippen molar-refractivity contribution in [2.75, 3.05) is 18.6 Å². The van der Waals surface area contributed by atoms with Crippen molar-refractivity contribution in [2.45, 2.75) is 38.6 Å². The second-order valence-electron chi connectivity index (χ2n) is 3.98. The number of hydrogen-bond acceptors (Lipinski definition) is 3. The summed E-state index contributed by atoms with van der Waals surface area (Å²) >= 11 is 3.81. The maximum Gasteiger partial charge on any atom is 0.0412 e. The normalized spacial score (nSPS) is 12.9. The number of thioether (sulfide) groups is 1. The van der Waals surface area contributed by atoms with Crippen molar-refractivity contribution in [3.63, 3.8) is 0 Å². The summed E-state index contributed by atoms with van der Waals surface area (Å²) in [5.74, 6) is 1.31. The van der Waals surface area contributed by atoms with Gasteiger partial charge in [0, 0.05) is 10.9 Å². The van der Waals surface area contributed by atoms with Gasteiger partial charge in [-0.3, -0.25) is 0 Å². The lowest BCUT2D eigenvalue weighted by atomic mass is 10.1. The number of nitrogens with one attached hydrogen (secondary N) is 1. The van der Waals surface area contributed by atoms with Crippen LogP contribution in [0.3, 0.4) is 0 Å². The van der Waals surface area contributed by atoms with Crippen molar-refractivity contribution in [1.82, 2.24) is 5.32 Å². The van der Waals surface area contributed by atoms with Gasteiger partial charge in [0.2, 0.25) is 0 Å². The van der Waals surface area contributed by atoms with Crippen LogP contribution < -0.4 is 5.32 Å². The predicted molar refractivity (Wildman–Crippen MR) is 77.6 cm³/mol. The van der Waals surface area contributed by atoms with Crippen molar-refractivity contribution in [2.24, 2.45) is 0 Å². The van der Waals surface area contributed by atoms with Crippen LogP contribution in [0.15, 0.2) is 17.5 Å². The second-order valence-corrected chi connectivity index (χ2v) is 5.95. The Morgan fingerprint density at radius 3 is 2.88 bits per heavy atom. The molecule has 0 amide bonds. The molecule has 1 aromatic rings. The van der Waals surface area contributed by atoms with E-state index in [1.54, 1.807) is 0 Å². The molecule has 1 aromatic heterocycles. The smallest absolute Gasteiger partial charge is 0.0412 e. The second kappa shape index (κ2) is 9.08. The monoisotopic (exact) mass is 257 g/mol. The molecule has 1 unspecified atom stereocenters. The number of unbranched alkanes of at least 4 members (excludes halogenated alkanes) is 2.